The zero-order chi connectivity index (χ0) is 21.6. The highest BCUT2D eigenvalue weighted by Crippen LogP contribution is 2.38. The maximum Gasteiger partial charge on any atom is 0.280 e. The number of hydrogen-bond acceptors (Lipinski definition) is 12. The van der Waals surface area contributed by atoms with Gasteiger partial charge in [-0.3, -0.25) is 0 Å². The highest BCUT2D eigenvalue weighted by molar-refractivity contribution is 7.95. The number of rotatable bonds is 6. The molecular weight excluding hydrogens is 541 g/mol. The summed E-state index contributed by atoms with van der Waals surface area (Å²) in [4.78, 5) is 12.6. The van der Waals surface area contributed by atoms with Crippen molar-refractivity contribution in [2.75, 3.05) is 9.62 Å². The van der Waals surface area contributed by atoms with Crippen molar-refractivity contribution in [2.45, 2.75) is 4.21 Å². The number of halogens is 2. The molecule has 158 valence electrons. The summed E-state index contributed by atoms with van der Waals surface area (Å²) in [5.41, 5.74) is 1.08. The number of nitrogens with one attached hydrogen (secondary N) is 1. The third kappa shape index (κ3) is 4.11. The second-order valence-corrected chi connectivity index (χ2v) is 11.9. The summed E-state index contributed by atoms with van der Waals surface area (Å²) in [5.74, 6) is 0. The van der Waals surface area contributed by atoms with E-state index >= 15 is 0 Å². The fourth-order valence-corrected chi connectivity index (χ4v) is 7.77. The molecule has 0 spiro atoms. The summed E-state index contributed by atoms with van der Waals surface area (Å²) < 4.78 is 36.6. The lowest BCUT2D eigenvalue weighted by molar-refractivity contribution is 0.598. The molecule has 1 aromatic carbocycles. The van der Waals surface area contributed by atoms with Crippen molar-refractivity contribution in [3.05, 3.63) is 46.3 Å². The van der Waals surface area contributed by atoms with Crippen LogP contribution in [0.3, 0.4) is 0 Å². The Morgan fingerprint density at radius 3 is 2.45 bits per heavy atom. The smallest absolute Gasteiger partial charge is 0.280 e. The van der Waals surface area contributed by atoms with Crippen molar-refractivity contribution < 1.29 is 8.42 Å². The quantitative estimate of drug-likeness (QED) is 0.290. The van der Waals surface area contributed by atoms with E-state index < -0.39 is 10.0 Å². The second-order valence-electron chi connectivity index (χ2n) is 5.71. The SMILES string of the molecule is O=S(=O)(c1cccs1)N(c1ccc2nc(Nc3nc(Cl)ns3)sc2c1)c1nc(Cl)ns1. The van der Waals surface area contributed by atoms with Crippen LogP contribution in [0, 0.1) is 0 Å². The molecule has 5 aromatic rings. The van der Waals surface area contributed by atoms with Gasteiger partial charge in [0.15, 0.2) is 5.13 Å². The Balaban J connectivity index is 1.58. The number of nitrogens with zero attached hydrogens (tertiary/aromatic N) is 6. The highest BCUT2D eigenvalue weighted by atomic mass is 35.5. The summed E-state index contributed by atoms with van der Waals surface area (Å²) in [6.45, 7) is 0. The normalized spacial score (nSPS) is 11.8. The topological polar surface area (TPSA) is 114 Å². The van der Waals surface area contributed by atoms with Crippen LogP contribution in [0.2, 0.25) is 10.6 Å². The molecule has 0 fully saturated rings. The maximum atomic E-state index is 13.4. The Kier molecular flexibility index (Phi) is 5.54. The molecule has 4 aromatic heterocycles. The number of hydrogen-bond donors (Lipinski definition) is 1. The summed E-state index contributed by atoms with van der Waals surface area (Å²) in [7, 11) is -3.92. The van der Waals surface area contributed by atoms with Crippen LogP contribution in [-0.2, 0) is 10.0 Å². The van der Waals surface area contributed by atoms with Gasteiger partial charge in [0.1, 0.15) is 4.21 Å². The Morgan fingerprint density at radius 1 is 0.968 bits per heavy atom. The first kappa shape index (κ1) is 20.9. The number of thiazole rings is 1. The number of benzene rings is 1. The lowest BCUT2D eigenvalue weighted by Crippen LogP contribution is -2.25. The number of fused-ring (bicyclic) bond motifs is 1. The lowest BCUT2D eigenvalue weighted by Gasteiger charge is -2.20. The van der Waals surface area contributed by atoms with Gasteiger partial charge in [-0.05, 0) is 52.8 Å². The van der Waals surface area contributed by atoms with E-state index in [0.717, 1.165) is 43.4 Å². The molecule has 16 heteroatoms. The van der Waals surface area contributed by atoms with Gasteiger partial charge in [0.05, 0.1) is 15.9 Å². The van der Waals surface area contributed by atoms with Gasteiger partial charge in [-0.1, -0.05) is 17.4 Å². The fourth-order valence-electron chi connectivity index (χ4n) is 2.57. The summed E-state index contributed by atoms with van der Waals surface area (Å²) in [5, 5.41) is 6.11. The van der Waals surface area contributed by atoms with E-state index in [1.54, 1.807) is 29.6 Å². The molecule has 0 unspecified atom stereocenters. The molecule has 1 N–H and O–H groups in total. The minimum Gasteiger partial charge on any atom is -0.306 e. The van der Waals surface area contributed by atoms with E-state index in [-0.39, 0.29) is 19.9 Å². The van der Waals surface area contributed by atoms with Crippen LogP contribution in [-0.4, -0.2) is 32.1 Å². The third-order valence-electron chi connectivity index (χ3n) is 3.78. The van der Waals surface area contributed by atoms with Crippen LogP contribution in [0.5, 0.6) is 0 Å². The van der Waals surface area contributed by atoms with Gasteiger partial charge >= 0.3 is 0 Å². The Labute approximate surface area is 201 Å². The van der Waals surface area contributed by atoms with Crippen molar-refractivity contribution in [2.24, 2.45) is 0 Å². The van der Waals surface area contributed by atoms with Gasteiger partial charge in [-0.15, -0.1) is 11.3 Å². The molecule has 0 amide bonds. The van der Waals surface area contributed by atoms with Crippen LogP contribution in [0.15, 0.2) is 39.9 Å². The third-order valence-corrected chi connectivity index (χ3v) is 9.79. The van der Waals surface area contributed by atoms with E-state index in [4.69, 9.17) is 23.2 Å². The molecule has 31 heavy (non-hydrogen) atoms. The summed E-state index contributed by atoms with van der Waals surface area (Å²) >= 11 is 16.1. The van der Waals surface area contributed by atoms with Crippen LogP contribution >= 0.6 is 68.9 Å². The predicted octanol–water partition coefficient (Wildman–Crippen LogP) is 5.64. The lowest BCUT2D eigenvalue weighted by atomic mass is 10.3. The highest BCUT2D eigenvalue weighted by Gasteiger charge is 2.31. The first-order valence-electron chi connectivity index (χ1n) is 8.15. The molecule has 0 aliphatic heterocycles. The Bertz CT molecular complexity index is 1480. The predicted molar refractivity (Wildman–Crippen MR) is 126 cm³/mol. The van der Waals surface area contributed by atoms with Gasteiger partial charge in [-0.2, -0.15) is 27.1 Å². The van der Waals surface area contributed by atoms with Crippen molar-refractivity contribution in [3.8, 4) is 0 Å². The van der Waals surface area contributed by atoms with Crippen LogP contribution in [0.25, 0.3) is 10.2 Å². The van der Waals surface area contributed by atoms with Gasteiger partial charge < -0.3 is 5.32 Å². The fraction of sp³-hybridized carbons (Fsp3) is 0. The number of aromatic nitrogens is 5. The van der Waals surface area contributed by atoms with E-state index in [0.29, 0.717) is 21.5 Å². The molecule has 0 bridgehead atoms. The Morgan fingerprint density at radius 2 is 1.77 bits per heavy atom. The monoisotopic (exact) mass is 547 g/mol. The molecule has 0 aliphatic rings. The van der Waals surface area contributed by atoms with Gasteiger partial charge in [0, 0.05) is 23.1 Å². The first-order chi connectivity index (χ1) is 14.9. The van der Waals surface area contributed by atoms with Crippen LogP contribution in [0.1, 0.15) is 0 Å². The average Bonchev–Trinajstić information content (AvgIpc) is 3.50. The van der Waals surface area contributed by atoms with Crippen LogP contribution < -0.4 is 9.62 Å². The molecule has 5 rings (SSSR count). The molecule has 0 saturated heterocycles. The molecule has 9 nitrogen and oxygen atoms in total. The number of anilines is 4. The van der Waals surface area contributed by atoms with Crippen molar-refractivity contribution >= 4 is 110 Å². The molecule has 0 aliphatic carbocycles. The van der Waals surface area contributed by atoms with Gasteiger partial charge in [-0.25, -0.2) is 9.29 Å². The Hall–Kier alpha value is -1.94. The first-order valence-corrected chi connectivity index (χ1v) is 13.6. The van der Waals surface area contributed by atoms with E-state index in [1.807, 2.05) is 0 Å². The van der Waals surface area contributed by atoms with Crippen molar-refractivity contribution in [3.63, 3.8) is 0 Å². The molecule has 4 heterocycles. The van der Waals surface area contributed by atoms with E-state index in [1.165, 1.54) is 17.4 Å². The number of thiophene rings is 1. The van der Waals surface area contributed by atoms with Gasteiger partial charge in [0.2, 0.25) is 20.8 Å². The number of sulfonamides is 1. The molecule has 0 radical (unpaired) electrons. The van der Waals surface area contributed by atoms with Gasteiger partial charge in [0.25, 0.3) is 10.0 Å². The minimum absolute atomic E-state index is 0.0209. The standard InChI is InChI=1S/C15H7Cl2N7O2S5/c16-11-19-14(29-22-11)21-13-18-8-4-3-7(6-9(8)28-13)24(15-20-12(17)23-30-15)31(25,26)10-2-1-5-27-10/h1-6H,(H,18,19,21,22). The van der Waals surface area contributed by atoms with E-state index in [2.05, 4.69) is 29.0 Å². The molecule has 0 saturated carbocycles. The van der Waals surface area contributed by atoms with E-state index in [9.17, 15) is 8.42 Å². The molecular formula is C15H7Cl2N7O2S5. The molecule has 0 atom stereocenters. The summed E-state index contributed by atoms with van der Waals surface area (Å²) in [6.07, 6.45) is 0. The van der Waals surface area contributed by atoms with Crippen molar-refractivity contribution in [1.82, 2.24) is 23.7 Å². The average molecular weight is 549 g/mol. The zero-order valence-corrected chi connectivity index (χ0v) is 20.4. The summed E-state index contributed by atoms with van der Waals surface area (Å²) in [6, 6.07) is 8.34. The van der Waals surface area contributed by atoms with Crippen LogP contribution in [0.4, 0.5) is 21.1 Å². The van der Waals surface area contributed by atoms with Crippen molar-refractivity contribution in [1.29, 1.82) is 0 Å². The zero-order valence-electron chi connectivity index (χ0n) is 14.8. The maximum absolute atomic E-state index is 13.4. The minimum atomic E-state index is -3.92. The largest absolute Gasteiger partial charge is 0.306 e. The second kappa shape index (κ2) is 8.20.